The lowest BCUT2D eigenvalue weighted by molar-refractivity contribution is -0.0384. The summed E-state index contributed by atoms with van der Waals surface area (Å²) in [5, 5.41) is 0.440. The van der Waals surface area contributed by atoms with Gasteiger partial charge in [0.15, 0.2) is 10.8 Å². The summed E-state index contributed by atoms with van der Waals surface area (Å²) in [5.74, 6) is 0. The highest BCUT2D eigenvalue weighted by Gasteiger charge is 2.37. The van der Waals surface area contributed by atoms with Crippen LogP contribution in [-0.2, 0) is 16.1 Å². The lowest BCUT2D eigenvalue weighted by atomic mass is 10.2. The summed E-state index contributed by atoms with van der Waals surface area (Å²) in [6.07, 6.45) is 0. The van der Waals surface area contributed by atoms with E-state index in [-0.39, 0.29) is 4.90 Å². The van der Waals surface area contributed by atoms with Gasteiger partial charge in [0.25, 0.3) is 0 Å². The van der Waals surface area contributed by atoms with Gasteiger partial charge in [0.05, 0.1) is 0 Å². The van der Waals surface area contributed by atoms with Crippen molar-refractivity contribution in [2.24, 2.45) is 0 Å². The molecule has 0 aromatic heterocycles. The molecule has 1 aromatic carbocycles. The maximum Gasteiger partial charge on any atom is 0.475 e. The molecule has 1 unspecified atom stereocenters. The Morgan fingerprint density at radius 3 is 2.50 bits per heavy atom. The molecule has 0 radical (unpaired) electrons. The van der Waals surface area contributed by atoms with Crippen LogP contribution in [0.2, 0.25) is 0 Å². The molecule has 0 spiro atoms. The van der Waals surface area contributed by atoms with Crippen LogP contribution in [0.15, 0.2) is 29.2 Å². The number of halogens is 4. The monoisotopic (exact) mass is 286 g/mol. The Labute approximate surface area is 89.9 Å². The van der Waals surface area contributed by atoms with Gasteiger partial charge in [-0.05, 0) is 17.7 Å². The Hall–Kier alpha value is -0.360. The minimum absolute atomic E-state index is 0.213. The van der Waals surface area contributed by atoms with Crippen molar-refractivity contribution in [3.05, 3.63) is 29.8 Å². The van der Waals surface area contributed by atoms with E-state index in [0.29, 0.717) is 10.9 Å². The Morgan fingerprint density at radius 2 is 2.00 bits per heavy atom. The first-order chi connectivity index (χ1) is 6.45. The van der Waals surface area contributed by atoms with Crippen LogP contribution in [0.4, 0.5) is 13.2 Å². The highest BCUT2D eigenvalue weighted by molar-refractivity contribution is 9.08. The first-order valence-electron chi connectivity index (χ1n) is 3.58. The summed E-state index contributed by atoms with van der Waals surface area (Å²) >= 11 is 3.11. The van der Waals surface area contributed by atoms with Gasteiger partial charge in [-0.2, -0.15) is 13.2 Å². The van der Waals surface area contributed by atoms with Crippen LogP contribution >= 0.6 is 15.9 Å². The maximum atomic E-state index is 12.1. The van der Waals surface area contributed by atoms with Crippen LogP contribution in [-0.4, -0.2) is 9.72 Å². The molecule has 78 valence electrons. The molecule has 0 fully saturated rings. The van der Waals surface area contributed by atoms with E-state index < -0.39 is 16.3 Å². The Bertz CT molecular complexity index is 351. The zero-order chi connectivity index (χ0) is 10.8. The number of benzene rings is 1. The normalized spacial score (nSPS) is 14.0. The predicted octanol–water partition coefficient (Wildman–Crippen LogP) is 3.21. The van der Waals surface area contributed by atoms with Gasteiger partial charge < -0.3 is 0 Å². The van der Waals surface area contributed by atoms with E-state index in [1.165, 1.54) is 18.2 Å². The van der Waals surface area contributed by atoms with Crippen LogP contribution in [0.1, 0.15) is 5.56 Å². The molecular weight excluding hydrogens is 281 g/mol. The standard InChI is InChI=1S/C8H6BrF3OS/c9-5-6-2-1-3-7(4-6)14(13)8(10,11)12/h1-4H,5H2. The van der Waals surface area contributed by atoms with Crippen LogP contribution in [0.25, 0.3) is 0 Å². The van der Waals surface area contributed by atoms with E-state index in [0.717, 1.165) is 0 Å². The van der Waals surface area contributed by atoms with Crippen molar-refractivity contribution < 1.29 is 17.4 Å². The number of rotatable bonds is 2. The van der Waals surface area contributed by atoms with Gasteiger partial charge in [0.2, 0.25) is 0 Å². The van der Waals surface area contributed by atoms with Gasteiger partial charge >= 0.3 is 5.51 Å². The van der Waals surface area contributed by atoms with Crippen molar-refractivity contribution in [1.29, 1.82) is 0 Å². The molecule has 14 heavy (non-hydrogen) atoms. The van der Waals surface area contributed by atoms with E-state index in [1.54, 1.807) is 6.07 Å². The quantitative estimate of drug-likeness (QED) is 0.763. The fourth-order valence-corrected chi connectivity index (χ4v) is 1.95. The molecule has 0 saturated heterocycles. The van der Waals surface area contributed by atoms with Gasteiger partial charge in [-0.25, -0.2) is 4.21 Å². The Kier molecular flexibility index (Phi) is 3.71. The smallest absolute Gasteiger partial charge is 0.245 e. The molecule has 0 aliphatic carbocycles. The van der Waals surface area contributed by atoms with E-state index in [9.17, 15) is 17.4 Å². The van der Waals surface area contributed by atoms with Crippen molar-refractivity contribution in [2.45, 2.75) is 15.7 Å². The van der Waals surface area contributed by atoms with E-state index >= 15 is 0 Å². The average Bonchev–Trinajstić information content (AvgIpc) is 2.15. The predicted molar refractivity (Wildman–Crippen MR) is 51.5 cm³/mol. The third-order valence-electron chi connectivity index (χ3n) is 1.48. The number of hydrogen-bond donors (Lipinski definition) is 0. The second kappa shape index (κ2) is 4.44. The summed E-state index contributed by atoms with van der Waals surface area (Å²) in [4.78, 5) is -0.213. The third-order valence-corrected chi connectivity index (χ3v) is 3.23. The lowest BCUT2D eigenvalue weighted by Gasteiger charge is -2.06. The Morgan fingerprint density at radius 1 is 1.36 bits per heavy atom. The van der Waals surface area contributed by atoms with Gasteiger partial charge in [-0.3, -0.25) is 0 Å². The second-order valence-electron chi connectivity index (χ2n) is 2.50. The fraction of sp³-hybridized carbons (Fsp3) is 0.250. The molecule has 0 heterocycles. The summed E-state index contributed by atoms with van der Waals surface area (Å²) < 4.78 is 47.1. The van der Waals surface area contributed by atoms with Crippen LogP contribution < -0.4 is 0 Å². The van der Waals surface area contributed by atoms with Gasteiger partial charge in [0, 0.05) is 10.2 Å². The van der Waals surface area contributed by atoms with E-state index in [4.69, 9.17) is 0 Å². The third kappa shape index (κ3) is 2.81. The van der Waals surface area contributed by atoms with Gasteiger partial charge in [-0.15, -0.1) is 0 Å². The van der Waals surface area contributed by atoms with Crippen molar-refractivity contribution in [2.75, 3.05) is 0 Å². The first-order valence-corrected chi connectivity index (χ1v) is 5.86. The van der Waals surface area contributed by atoms with Crippen molar-refractivity contribution >= 4 is 26.7 Å². The topological polar surface area (TPSA) is 17.1 Å². The zero-order valence-electron chi connectivity index (χ0n) is 6.84. The summed E-state index contributed by atoms with van der Waals surface area (Å²) in [6, 6.07) is 5.59. The van der Waals surface area contributed by atoms with Crippen molar-refractivity contribution in [3.8, 4) is 0 Å². The Balaban J connectivity index is 3.02. The highest BCUT2D eigenvalue weighted by Crippen LogP contribution is 2.26. The van der Waals surface area contributed by atoms with Crippen molar-refractivity contribution in [1.82, 2.24) is 0 Å². The molecule has 0 amide bonds. The van der Waals surface area contributed by atoms with Gasteiger partial charge in [0.1, 0.15) is 0 Å². The maximum absolute atomic E-state index is 12.1. The van der Waals surface area contributed by atoms with Crippen LogP contribution in [0.5, 0.6) is 0 Å². The van der Waals surface area contributed by atoms with Gasteiger partial charge in [-0.1, -0.05) is 28.1 Å². The molecule has 1 rings (SSSR count). The molecule has 6 heteroatoms. The molecule has 1 nitrogen and oxygen atoms in total. The molecule has 0 aliphatic rings. The summed E-state index contributed by atoms with van der Waals surface area (Å²) in [7, 11) is -2.93. The average molecular weight is 287 g/mol. The minimum atomic E-state index is -4.69. The molecule has 1 atom stereocenters. The summed E-state index contributed by atoms with van der Waals surface area (Å²) in [5.41, 5.74) is -4.02. The molecule has 0 aliphatic heterocycles. The summed E-state index contributed by atoms with van der Waals surface area (Å²) in [6.45, 7) is 0. The zero-order valence-corrected chi connectivity index (χ0v) is 9.25. The SMILES string of the molecule is O=S(c1cccc(CBr)c1)C(F)(F)F. The van der Waals surface area contributed by atoms with E-state index in [2.05, 4.69) is 15.9 Å². The fourth-order valence-electron chi connectivity index (χ4n) is 0.878. The van der Waals surface area contributed by atoms with Crippen LogP contribution in [0, 0.1) is 0 Å². The minimum Gasteiger partial charge on any atom is -0.245 e. The van der Waals surface area contributed by atoms with E-state index in [1.807, 2.05) is 0 Å². The molecule has 0 bridgehead atoms. The molecule has 0 saturated carbocycles. The van der Waals surface area contributed by atoms with Crippen LogP contribution in [0.3, 0.4) is 0 Å². The number of hydrogen-bond acceptors (Lipinski definition) is 1. The molecule has 0 N–H and O–H groups in total. The first kappa shape index (κ1) is 11.7. The molecule has 1 aromatic rings. The van der Waals surface area contributed by atoms with Crippen molar-refractivity contribution in [3.63, 3.8) is 0 Å². The lowest BCUT2D eigenvalue weighted by Crippen LogP contribution is -2.16. The largest absolute Gasteiger partial charge is 0.475 e. The second-order valence-corrected chi connectivity index (χ2v) is 4.53. The number of alkyl halides is 4. The highest BCUT2D eigenvalue weighted by atomic mass is 79.9. The molecular formula is C8H6BrF3OS.